The van der Waals surface area contributed by atoms with Gasteiger partial charge in [-0.25, -0.2) is 0 Å². The Labute approximate surface area is 142 Å². The van der Waals surface area contributed by atoms with Gasteiger partial charge in [-0.1, -0.05) is 6.07 Å². The molecule has 1 aromatic rings. The molecule has 0 aliphatic carbocycles. The van der Waals surface area contributed by atoms with Crippen molar-refractivity contribution in [3.63, 3.8) is 0 Å². The van der Waals surface area contributed by atoms with Crippen LogP contribution in [0.5, 0.6) is 5.75 Å². The molecule has 128 valence electrons. The lowest BCUT2D eigenvalue weighted by Crippen LogP contribution is -2.38. The smallest absolute Gasteiger partial charge is 0.248 e. The van der Waals surface area contributed by atoms with E-state index in [0.29, 0.717) is 30.2 Å². The Hall–Kier alpha value is -1.79. The van der Waals surface area contributed by atoms with E-state index in [9.17, 15) is 9.59 Å². The zero-order valence-corrected chi connectivity index (χ0v) is 13.9. The molecule has 1 saturated heterocycles. The van der Waals surface area contributed by atoms with Gasteiger partial charge < -0.3 is 21.1 Å². The van der Waals surface area contributed by atoms with E-state index >= 15 is 0 Å². The number of ether oxygens (including phenoxy) is 1. The molecule has 1 atom stereocenters. The summed E-state index contributed by atoms with van der Waals surface area (Å²) in [5.74, 6) is 0.548. The summed E-state index contributed by atoms with van der Waals surface area (Å²) in [6.07, 6.45) is 2.62. The number of carbonyl (C=O) groups excluding carboxylic acids is 2. The highest BCUT2D eigenvalue weighted by Gasteiger charge is 2.13. The fourth-order valence-corrected chi connectivity index (χ4v) is 2.45. The number of carbonyl (C=O) groups is 2. The standard InChI is InChI=1S/C16H23N3O3.ClH/c17-16(21)13-4-1-5-14(9-13)22-8-6-15(20)19-11-12-3-2-7-18-10-12;/h1,4-5,9,12,18H,2-3,6-8,10-11H2,(H2,17,21)(H,19,20);1H. The van der Waals surface area contributed by atoms with Gasteiger partial charge in [0.1, 0.15) is 5.75 Å². The van der Waals surface area contributed by atoms with Gasteiger partial charge in [-0.05, 0) is 50.0 Å². The number of amides is 2. The number of hydrogen-bond acceptors (Lipinski definition) is 4. The molecule has 1 aliphatic heterocycles. The zero-order valence-electron chi connectivity index (χ0n) is 13.0. The monoisotopic (exact) mass is 341 g/mol. The number of benzene rings is 1. The lowest BCUT2D eigenvalue weighted by atomic mass is 10.00. The van der Waals surface area contributed by atoms with Gasteiger partial charge in [0, 0.05) is 12.1 Å². The van der Waals surface area contributed by atoms with Gasteiger partial charge in [-0.2, -0.15) is 0 Å². The molecule has 7 heteroatoms. The third-order valence-electron chi connectivity index (χ3n) is 3.70. The second-order valence-corrected chi connectivity index (χ2v) is 5.51. The van der Waals surface area contributed by atoms with Crippen LogP contribution in [0.15, 0.2) is 24.3 Å². The predicted molar refractivity (Wildman–Crippen MR) is 90.9 cm³/mol. The lowest BCUT2D eigenvalue weighted by Gasteiger charge is -2.22. The molecule has 1 aromatic carbocycles. The maximum absolute atomic E-state index is 11.8. The molecule has 0 spiro atoms. The van der Waals surface area contributed by atoms with Crippen molar-refractivity contribution in [3.8, 4) is 5.75 Å². The van der Waals surface area contributed by atoms with Gasteiger partial charge in [0.25, 0.3) is 0 Å². The summed E-state index contributed by atoms with van der Waals surface area (Å²) in [4.78, 5) is 22.8. The highest BCUT2D eigenvalue weighted by atomic mass is 35.5. The van der Waals surface area contributed by atoms with Crippen LogP contribution in [-0.4, -0.2) is 38.1 Å². The van der Waals surface area contributed by atoms with Crippen molar-refractivity contribution in [1.82, 2.24) is 10.6 Å². The second-order valence-electron chi connectivity index (χ2n) is 5.51. The van der Waals surface area contributed by atoms with E-state index in [1.807, 2.05) is 0 Å². The Morgan fingerprint density at radius 2 is 2.22 bits per heavy atom. The molecule has 0 bridgehead atoms. The van der Waals surface area contributed by atoms with Crippen LogP contribution in [0, 0.1) is 5.92 Å². The minimum atomic E-state index is -0.496. The first-order valence-corrected chi connectivity index (χ1v) is 7.65. The molecular formula is C16H24ClN3O3. The Morgan fingerprint density at radius 1 is 1.39 bits per heavy atom. The first kappa shape index (κ1) is 19.3. The van der Waals surface area contributed by atoms with Crippen LogP contribution >= 0.6 is 12.4 Å². The molecule has 2 amide bonds. The number of nitrogens with two attached hydrogens (primary N) is 1. The molecule has 1 aliphatic rings. The van der Waals surface area contributed by atoms with Crippen molar-refractivity contribution in [2.75, 3.05) is 26.2 Å². The lowest BCUT2D eigenvalue weighted by molar-refractivity contribution is -0.121. The van der Waals surface area contributed by atoms with Gasteiger partial charge in [0.2, 0.25) is 11.8 Å². The summed E-state index contributed by atoms with van der Waals surface area (Å²) in [6, 6.07) is 6.64. The number of hydrogen-bond donors (Lipinski definition) is 3. The van der Waals surface area contributed by atoms with Crippen LogP contribution in [0.2, 0.25) is 0 Å². The first-order valence-electron chi connectivity index (χ1n) is 7.65. The van der Waals surface area contributed by atoms with Gasteiger partial charge >= 0.3 is 0 Å². The summed E-state index contributed by atoms with van der Waals surface area (Å²) in [5.41, 5.74) is 5.60. The quantitative estimate of drug-likeness (QED) is 0.692. The van der Waals surface area contributed by atoms with Gasteiger partial charge in [0.05, 0.1) is 13.0 Å². The van der Waals surface area contributed by atoms with Crippen LogP contribution in [0.4, 0.5) is 0 Å². The molecule has 2 rings (SSSR count). The predicted octanol–water partition coefficient (Wildman–Crippen LogP) is 1.09. The van der Waals surface area contributed by atoms with Crippen LogP contribution in [0.25, 0.3) is 0 Å². The summed E-state index contributed by atoms with van der Waals surface area (Å²) in [7, 11) is 0. The summed E-state index contributed by atoms with van der Waals surface area (Å²) >= 11 is 0. The van der Waals surface area contributed by atoms with E-state index in [1.54, 1.807) is 24.3 Å². The van der Waals surface area contributed by atoms with E-state index in [0.717, 1.165) is 19.5 Å². The van der Waals surface area contributed by atoms with E-state index in [-0.39, 0.29) is 24.9 Å². The molecule has 0 radical (unpaired) electrons. The SMILES string of the molecule is Cl.NC(=O)c1cccc(OCCC(=O)NCC2CCCNC2)c1. The largest absolute Gasteiger partial charge is 0.493 e. The van der Waals surface area contributed by atoms with Crippen LogP contribution < -0.4 is 21.1 Å². The maximum atomic E-state index is 11.8. The summed E-state index contributed by atoms with van der Waals surface area (Å²) in [6.45, 7) is 3.03. The normalized spacial score (nSPS) is 17.0. The molecule has 0 saturated carbocycles. The Bertz CT molecular complexity index is 519. The first-order chi connectivity index (χ1) is 10.6. The minimum absolute atomic E-state index is 0. The third-order valence-corrected chi connectivity index (χ3v) is 3.70. The summed E-state index contributed by atoms with van der Waals surface area (Å²) in [5, 5.41) is 6.26. The number of rotatable bonds is 7. The van der Waals surface area contributed by atoms with E-state index < -0.39 is 5.91 Å². The number of piperidine rings is 1. The molecule has 4 N–H and O–H groups in total. The fraction of sp³-hybridized carbons (Fsp3) is 0.500. The van der Waals surface area contributed by atoms with Crippen molar-refractivity contribution >= 4 is 24.2 Å². The molecule has 1 unspecified atom stereocenters. The van der Waals surface area contributed by atoms with Crippen molar-refractivity contribution in [2.45, 2.75) is 19.3 Å². The Kier molecular flexibility index (Phi) is 8.43. The second kappa shape index (κ2) is 10.1. The third kappa shape index (κ3) is 6.88. The molecule has 1 fully saturated rings. The highest BCUT2D eigenvalue weighted by Crippen LogP contribution is 2.13. The van der Waals surface area contributed by atoms with Crippen molar-refractivity contribution in [2.24, 2.45) is 11.7 Å². The average molecular weight is 342 g/mol. The van der Waals surface area contributed by atoms with Gasteiger partial charge in [0.15, 0.2) is 0 Å². The van der Waals surface area contributed by atoms with Gasteiger partial charge in [-0.15, -0.1) is 12.4 Å². The summed E-state index contributed by atoms with van der Waals surface area (Å²) < 4.78 is 5.48. The highest BCUT2D eigenvalue weighted by molar-refractivity contribution is 5.93. The molecule has 6 nitrogen and oxygen atoms in total. The van der Waals surface area contributed by atoms with E-state index in [2.05, 4.69) is 10.6 Å². The van der Waals surface area contributed by atoms with Crippen LogP contribution in [-0.2, 0) is 4.79 Å². The van der Waals surface area contributed by atoms with Crippen molar-refractivity contribution < 1.29 is 14.3 Å². The molecular weight excluding hydrogens is 318 g/mol. The molecule has 23 heavy (non-hydrogen) atoms. The number of halogens is 1. The maximum Gasteiger partial charge on any atom is 0.248 e. The van der Waals surface area contributed by atoms with Gasteiger partial charge in [-0.3, -0.25) is 9.59 Å². The number of nitrogens with one attached hydrogen (secondary N) is 2. The van der Waals surface area contributed by atoms with Crippen LogP contribution in [0.1, 0.15) is 29.6 Å². The van der Waals surface area contributed by atoms with Crippen molar-refractivity contribution in [1.29, 1.82) is 0 Å². The molecule has 0 aromatic heterocycles. The Morgan fingerprint density at radius 3 is 2.91 bits per heavy atom. The number of primary amides is 1. The minimum Gasteiger partial charge on any atom is -0.493 e. The topological polar surface area (TPSA) is 93.5 Å². The van der Waals surface area contributed by atoms with Crippen molar-refractivity contribution in [3.05, 3.63) is 29.8 Å². The average Bonchev–Trinajstić information content (AvgIpc) is 2.54. The van der Waals surface area contributed by atoms with E-state index in [4.69, 9.17) is 10.5 Å². The van der Waals surface area contributed by atoms with Crippen LogP contribution in [0.3, 0.4) is 0 Å². The van der Waals surface area contributed by atoms with E-state index in [1.165, 1.54) is 6.42 Å². The zero-order chi connectivity index (χ0) is 15.8. The Balaban J connectivity index is 0.00000264. The fourth-order valence-electron chi connectivity index (χ4n) is 2.45. The molecule has 1 heterocycles.